The molecule has 94 valence electrons. The first-order valence-corrected chi connectivity index (χ1v) is 7.68. The van der Waals surface area contributed by atoms with Crippen LogP contribution in [0.4, 0.5) is 0 Å². The van der Waals surface area contributed by atoms with Gasteiger partial charge in [-0.3, -0.25) is 0 Å². The Morgan fingerprint density at radius 1 is 1.65 bits per heavy atom. The molecule has 1 aromatic heterocycles. The number of nitrogens with zero attached hydrogens (tertiary/aromatic N) is 3. The van der Waals surface area contributed by atoms with Crippen molar-refractivity contribution in [2.24, 2.45) is 0 Å². The molecule has 17 heavy (non-hydrogen) atoms. The smallest absolute Gasteiger partial charge is 0.142 e. The second kappa shape index (κ2) is 4.78. The monoisotopic (exact) mass is 273 g/mol. The lowest BCUT2D eigenvalue weighted by molar-refractivity contribution is -0.0781. The van der Waals surface area contributed by atoms with Crippen LogP contribution in [-0.4, -0.2) is 38.5 Å². The van der Waals surface area contributed by atoms with E-state index in [-0.39, 0.29) is 5.60 Å². The second-order valence-corrected chi connectivity index (χ2v) is 6.11. The van der Waals surface area contributed by atoms with E-state index in [1.165, 1.54) is 12.2 Å². The molecule has 4 nitrogen and oxygen atoms in total. The molecule has 1 spiro atoms. The van der Waals surface area contributed by atoms with Crippen LogP contribution in [0.3, 0.4) is 0 Å². The molecule has 2 fully saturated rings. The number of rotatable bonds is 2. The van der Waals surface area contributed by atoms with Gasteiger partial charge in [-0.05, 0) is 25.0 Å². The fourth-order valence-electron chi connectivity index (χ4n) is 2.75. The highest BCUT2D eigenvalue weighted by molar-refractivity contribution is 7.99. The number of thioether (sulfide) groups is 1. The normalized spacial score (nSPS) is 33.4. The minimum absolute atomic E-state index is 0.0864. The van der Waals surface area contributed by atoms with E-state index in [9.17, 15) is 0 Å². The van der Waals surface area contributed by atoms with Gasteiger partial charge >= 0.3 is 0 Å². The minimum Gasteiger partial charge on any atom is -0.374 e. The van der Waals surface area contributed by atoms with Gasteiger partial charge in [0.1, 0.15) is 12.2 Å². The zero-order valence-electron chi connectivity index (χ0n) is 9.64. The summed E-state index contributed by atoms with van der Waals surface area (Å²) >= 11 is 7.88. The quantitative estimate of drug-likeness (QED) is 0.775. The van der Waals surface area contributed by atoms with Gasteiger partial charge in [-0.15, -0.1) is 11.6 Å². The maximum absolute atomic E-state index is 6.01. The predicted molar refractivity (Wildman–Crippen MR) is 68.5 cm³/mol. The summed E-state index contributed by atoms with van der Waals surface area (Å²) in [7, 11) is 0. The SMILES string of the molecule is ClCc1ncnn1C1CCOC2(CCSC2)C1. The van der Waals surface area contributed by atoms with Gasteiger partial charge in [0.2, 0.25) is 0 Å². The Balaban J connectivity index is 1.79. The van der Waals surface area contributed by atoms with E-state index in [4.69, 9.17) is 16.3 Å². The molecule has 0 N–H and O–H groups in total. The lowest BCUT2D eigenvalue weighted by atomic mass is 9.90. The van der Waals surface area contributed by atoms with Crippen molar-refractivity contribution in [3.05, 3.63) is 12.2 Å². The Morgan fingerprint density at radius 2 is 2.59 bits per heavy atom. The van der Waals surface area contributed by atoms with Gasteiger partial charge in [0, 0.05) is 12.4 Å². The Morgan fingerprint density at radius 3 is 3.35 bits per heavy atom. The van der Waals surface area contributed by atoms with Gasteiger partial charge in [-0.1, -0.05) is 0 Å². The third kappa shape index (κ3) is 2.20. The van der Waals surface area contributed by atoms with Crippen LogP contribution in [0, 0.1) is 0 Å². The standard InChI is InChI=1S/C11H16ClN3OS/c12-6-10-13-8-14-15(10)9-1-3-16-11(5-9)2-4-17-7-11/h8-9H,1-7H2. The molecule has 0 bridgehead atoms. The molecular weight excluding hydrogens is 258 g/mol. The van der Waals surface area contributed by atoms with E-state index in [2.05, 4.69) is 10.1 Å². The lowest BCUT2D eigenvalue weighted by Crippen LogP contribution is -2.41. The highest BCUT2D eigenvalue weighted by Gasteiger charge is 2.41. The molecule has 2 aliphatic rings. The molecule has 0 aromatic carbocycles. The number of aromatic nitrogens is 3. The van der Waals surface area contributed by atoms with Crippen molar-refractivity contribution < 1.29 is 4.74 Å². The number of hydrogen-bond donors (Lipinski definition) is 0. The molecule has 1 aromatic rings. The molecule has 3 heterocycles. The summed E-state index contributed by atoms with van der Waals surface area (Å²) in [6.45, 7) is 0.826. The molecule has 0 saturated carbocycles. The van der Waals surface area contributed by atoms with Gasteiger partial charge in [-0.2, -0.15) is 16.9 Å². The van der Waals surface area contributed by atoms with Gasteiger partial charge < -0.3 is 4.74 Å². The van der Waals surface area contributed by atoms with Gasteiger partial charge in [-0.25, -0.2) is 9.67 Å². The van der Waals surface area contributed by atoms with Crippen LogP contribution in [0.15, 0.2) is 6.33 Å². The fourth-order valence-corrected chi connectivity index (χ4v) is 4.32. The number of ether oxygens (including phenoxy) is 1. The van der Waals surface area contributed by atoms with E-state index in [1.807, 2.05) is 16.4 Å². The summed E-state index contributed by atoms with van der Waals surface area (Å²) in [6, 6.07) is 0.402. The number of hydrogen-bond acceptors (Lipinski definition) is 4. The second-order valence-electron chi connectivity index (χ2n) is 4.74. The van der Waals surface area contributed by atoms with Crippen molar-refractivity contribution in [2.75, 3.05) is 18.1 Å². The van der Waals surface area contributed by atoms with Crippen LogP contribution in [0.2, 0.25) is 0 Å². The molecule has 0 amide bonds. The average molecular weight is 274 g/mol. The summed E-state index contributed by atoms with van der Waals surface area (Å²) in [5, 5.41) is 4.32. The minimum atomic E-state index is 0.0864. The van der Waals surface area contributed by atoms with Crippen molar-refractivity contribution in [2.45, 2.75) is 36.8 Å². The van der Waals surface area contributed by atoms with E-state index in [0.717, 1.165) is 31.0 Å². The summed E-state index contributed by atoms with van der Waals surface area (Å²) in [5.41, 5.74) is 0.0864. The zero-order valence-corrected chi connectivity index (χ0v) is 11.2. The van der Waals surface area contributed by atoms with Crippen molar-refractivity contribution in [1.82, 2.24) is 14.8 Å². The van der Waals surface area contributed by atoms with E-state index >= 15 is 0 Å². The van der Waals surface area contributed by atoms with Crippen LogP contribution < -0.4 is 0 Å². The van der Waals surface area contributed by atoms with E-state index in [1.54, 1.807) is 6.33 Å². The van der Waals surface area contributed by atoms with Crippen molar-refractivity contribution in [1.29, 1.82) is 0 Å². The largest absolute Gasteiger partial charge is 0.374 e. The Labute approximate surface area is 110 Å². The Hall–Kier alpha value is -0.260. The first-order valence-electron chi connectivity index (χ1n) is 5.99. The third-order valence-electron chi connectivity index (χ3n) is 3.65. The van der Waals surface area contributed by atoms with Crippen LogP contribution in [0.1, 0.15) is 31.1 Å². The fraction of sp³-hybridized carbons (Fsp3) is 0.818. The van der Waals surface area contributed by atoms with E-state index < -0.39 is 0 Å². The van der Waals surface area contributed by atoms with Gasteiger partial charge in [0.25, 0.3) is 0 Å². The molecule has 2 saturated heterocycles. The third-order valence-corrected chi connectivity index (χ3v) is 5.11. The van der Waals surface area contributed by atoms with Crippen LogP contribution in [0.5, 0.6) is 0 Å². The maximum atomic E-state index is 6.01. The summed E-state index contributed by atoms with van der Waals surface area (Å²) in [5.74, 6) is 3.64. The predicted octanol–water partition coefficient (Wildman–Crippen LogP) is 2.24. The number of alkyl halides is 1. The first-order chi connectivity index (χ1) is 8.33. The molecule has 2 aliphatic heterocycles. The number of halogens is 1. The molecule has 2 atom stereocenters. The van der Waals surface area contributed by atoms with Crippen LogP contribution >= 0.6 is 23.4 Å². The van der Waals surface area contributed by atoms with Gasteiger partial charge in [0.15, 0.2) is 0 Å². The molecular formula is C11H16ClN3OS. The first kappa shape index (κ1) is 11.8. The Kier molecular flexibility index (Phi) is 3.32. The lowest BCUT2D eigenvalue weighted by Gasteiger charge is -2.37. The molecule has 6 heteroatoms. The van der Waals surface area contributed by atoms with Gasteiger partial charge in [0.05, 0.1) is 17.5 Å². The van der Waals surface area contributed by atoms with Crippen LogP contribution in [0.25, 0.3) is 0 Å². The highest BCUT2D eigenvalue weighted by Crippen LogP contribution is 2.41. The molecule has 0 aliphatic carbocycles. The topological polar surface area (TPSA) is 39.9 Å². The highest BCUT2D eigenvalue weighted by atomic mass is 35.5. The molecule has 3 rings (SSSR count). The van der Waals surface area contributed by atoms with Crippen LogP contribution in [-0.2, 0) is 10.6 Å². The zero-order chi connectivity index (χ0) is 11.7. The van der Waals surface area contributed by atoms with Crippen molar-refractivity contribution in [3.8, 4) is 0 Å². The van der Waals surface area contributed by atoms with Crippen molar-refractivity contribution >= 4 is 23.4 Å². The average Bonchev–Trinajstić information content (AvgIpc) is 2.98. The van der Waals surface area contributed by atoms with E-state index in [0.29, 0.717) is 11.9 Å². The van der Waals surface area contributed by atoms with Crippen molar-refractivity contribution in [3.63, 3.8) is 0 Å². The Bertz CT molecular complexity index is 392. The summed E-state index contributed by atoms with van der Waals surface area (Å²) in [4.78, 5) is 4.20. The molecule has 2 unspecified atom stereocenters. The molecule has 0 radical (unpaired) electrons. The summed E-state index contributed by atoms with van der Waals surface area (Å²) in [6.07, 6.45) is 4.83. The summed E-state index contributed by atoms with van der Waals surface area (Å²) < 4.78 is 8.01. The maximum Gasteiger partial charge on any atom is 0.142 e.